The number of para-hydroxylation sites is 1. The minimum absolute atomic E-state index is 0.133. The zero-order chi connectivity index (χ0) is 25.5. The number of nitrogens with zero attached hydrogens (tertiary/aromatic N) is 5. The molecule has 0 saturated carbocycles. The number of nitrogens with two attached hydrogens (primary N) is 1. The first-order valence-electron chi connectivity index (χ1n) is 12.8. The molecular formula is C26H29N7O3S. The van der Waals surface area contributed by atoms with E-state index in [0.29, 0.717) is 54.3 Å². The van der Waals surface area contributed by atoms with E-state index in [0.717, 1.165) is 29.9 Å². The van der Waals surface area contributed by atoms with Gasteiger partial charge in [-0.25, -0.2) is 4.98 Å². The van der Waals surface area contributed by atoms with Gasteiger partial charge in [0.05, 0.1) is 15.6 Å². The third-order valence-electron chi connectivity index (χ3n) is 7.49. The van der Waals surface area contributed by atoms with Gasteiger partial charge in [-0.1, -0.05) is 12.1 Å². The maximum Gasteiger partial charge on any atom is 0.258 e. The number of rotatable bonds is 6. The van der Waals surface area contributed by atoms with Gasteiger partial charge in [0.15, 0.2) is 5.65 Å². The first-order valence-corrected chi connectivity index (χ1v) is 13.6. The topological polar surface area (TPSA) is 126 Å². The first-order chi connectivity index (χ1) is 18.0. The van der Waals surface area contributed by atoms with Crippen LogP contribution in [0.2, 0.25) is 0 Å². The molecule has 1 aromatic carbocycles. The van der Waals surface area contributed by atoms with Crippen molar-refractivity contribution < 1.29 is 9.59 Å². The van der Waals surface area contributed by atoms with Crippen LogP contribution in [0.25, 0.3) is 26.1 Å². The third-order valence-corrected chi connectivity index (χ3v) is 8.63. The van der Waals surface area contributed by atoms with Gasteiger partial charge in [-0.05, 0) is 50.9 Å². The molecule has 2 aliphatic rings. The van der Waals surface area contributed by atoms with E-state index in [2.05, 4.69) is 15.2 Å². The number of aromatic nitrogens is 3. The molecule has 0 unspecified atom stereocenters. The second-order valence-corrected chi connectivity index (χ2v) is 10.8. The van der Waals surface area contributed by atoms with Crippen molar-refractivity contribution in [3.8, 4) is 0 Å². The fourth-order valence-corrected chi connectivity index (χ4v) is 6.61. The highest BCUT2D eigenvalue weighted by molar-refractivity contribution is 7.24. The number of thiazole rings is 1. The lowest BCUT2D eigenvalue weighted by molar-refractivity contribution is -0.122. The lowest BCUT2D eigenvalue weighted by Gasteiger charge is -2.30. The highest BCUT2D eigenvalue weighted by Crippen LogP contribution is 2.31. The van der Waals surface area contributed by atoms with Crippen LogP contribution in [0, 0.1) is 5.92 Å². The molecule has 2 amide bonds. The Morgan fingerprint density at radius 3 is 2.62 bits per heavy atom. The summed E-state index contributed by atoms with van der Waals surface area (Å²) >= 11 is 1.42. The van der Waals surface area contributed by atoms with Gasteiger partial charge in [0.2, 0.25) is 17.3 Å². The van der Waals surface area contributed by atoms with Crippen molar-refractivity contribution in [1.29, 1.82) is 0 Å². The minimum Gasteiger partial charge on any atom is -0.369 e. The molecule has 37 heavy (non-hydrogen) atoms. The van der Waals surface area contributed by atoms with E-state index < -0.39 is 0 Å². The van der Waals surface area contributed by atoms with Crippen molar-refractivity contribution in [2.45, 2.75) is 25.7 Å². The van der Waals surface area contributed by atoms with Crippen molar-refractivity contribution >= 4 is 55.2 Å². The zero-order valence-corrected chi connectivity index (χ0v) is 21.3. The molecule has 2 fully saturated rings. The van der Waals surface area contributed by atoms with Crippen LogP contribution in [-0.2, 0) is 4.79 Å². The van der Waals surface area contributed by atoms with E-state index >= 15 is 0 Å². The predicted molar refractivity (Wildman–Crippen MR) is 144 cm³/mol. The maximum absolute atomic E-state index is 13.7. The summed E-state index contributed by atoms with van der Waals surface area (Å²) in [5.41, 5.74) is 6.62. The summed E-state index contributed by atoms with van der Waals surface area (Å²) < 4.78 is 2.87. The Balaban J connectivity index is 1.42. The van der Waals surface area contributed by atoms with Crippen LogP contribution in [-0.4, -0.2) is 70.4 Å². The number of carbonyl (C=O) groups is 2. The third kappa shape index (κ3) is 4.31. The fraction of sp³-hybridized carbons (Fsp3) is 0.423. The van der Waals surface area contributed by atoms with Crippen LogP contribution in [0.15, 0.2) is 35.3 Å². The highest BCUT2D eigenvalue weighted by atomic mass is 32.1. The molecule has 3 aromatic heterocycles. The molecule has 2 saturated heterocycles. The summed E-state index contributed by atoms with van der Waals surface area (Å²) in [6, 6.07) is 7.83. The van der Waals surface area contributed by atoms with Crippen molar-refractivity contribution in [1.82, 2.24) is 24.6 Å². The average Bonchev–Trinajstić information content (AvgIpc) is 3.56. The molecule has 0 spiro atoms. The monoisotopic (exact) mass is 519 g/mol. The lowest BCUT2D eigenvalue weighted by atomic mass is 9.96. The van der Waals surface area contributed by atoms with Crippen molar-refractivity contribution in [2.24, 2.45) is 11.7 Å². The van der Waals surface area contributed by atoms with E-state index in [9.17, 15) is 14.4 Å². The lowest BCUT2D eigenvalue weighted by Crippen LogP contribution is -2.39. The summed E-state index contributed by atoms with van der Waals surface area (Å²) in [6.45, 7) is 4.58. The Labute approximate surface area is 217 Å². The molecule has 10 nitrogen and oxygen atoms in total. The van der Waals surface area contributed by atoms with Gasteiger partial charge < -0.3 is 20.9 Å². The number of hydrogen-bond donors (Lipinski definition) is 2. The van der Waals surface area contributed by atoms with Gasteiger partial charge in [0.25, 0.3) is 5.91 Å². The standard InChI is InChI=1S/C26H29N7O3S/c27-22(35)16-7-12-32(13-8-16)26-29-15-17-21(34)20(24(36)28-9-14-31-10-3-4-11-31)25-33(23(17)30-26)18-5-1-2-6-19(18)37-25/h1-2,5-6,15-16H,3-4,7-14H2,(H2,27,35)(H,28,36). The molecule has 0 atom stereocenters. The number of pyridine rings is 1. The molecule has 192 valence electrons. The first kappa shape index (κ1) is 23.8. The average molecular weight is 520 g/mol. The van der Waals surface area contributed by atoms with E-state index in [1.54, 1.807) is 0 Å². The molecule has 6 rings (SSSR count). The Kier molecular flexibility index (Phi) is 6.25. The number of hydrogen-bond acceptors (Lipinski definition) is 8. The van der Waals surface area contributed by atoms with Gasteiger partial charge >= 0.3 is 0 Å². The van der Waals surface area contributed by atoms with Crippen LogP contribution in [0.4, 0.5) is 5.95 Å². The second kappa shape index (κ2) is 9.71. The van der Waals surface area contributed by atoms with E-state index in [4.69, 9.17) is 10.7 Å². The smallest absolute Gasteiger partial charge is 0.258 e. The van der Waals surface area contributed by atoms with Crippen LogP contribution in [0.1, 0.15) is 36.0 Å². The van der Waals surface area contributed by atoms with Crippen LogP contribution in [0.3, 0.4) is 0 Å². The normalized spacial score (nSPS) is 17.2. The number of nitrogens with one attached hydrogen (secondary N) is 1. The van der Waals surface area contributed by atoms with E-state index in [1.807, 2.05) is 33.6 Å². The second-order valence-electron chi connectivity index (χ2n) is 9.79. The number of likely N-dealkylation sites (tertiary alicyclic amines) is 1. The van der Waals surface area contributed by atoms with Gasteiger partial charge in [0, 0.05) is 38.3 Å². The van der Waals surface area contributed by atoms with Crippen molar-refractivity contribution in [3.63, 3.8) is 0 Å². The number of benzene rings is 1. The molecule has 0 bridgehead atoms. The summed E-state index contributed by atoms with van der Waals surface area (Å²) in [4.78, 5) is 52.8. The maximum atomic E-state index is 13.7. The molecule has 0 aliphatic carbocycles. The predicted octanol–water partition coefficient (Wildman–Crippen LogP) is 1.98. The van der Waals surface area contributed by atoms with Crippen LogP contribution >= 0.6 is 11.3 Å². The van der Waals surface area contributed by atoms with Crippen molar-refractivity contribution in [2.75, 3.05) is 44.2 Å². The van der Waals surface area contributed by atoms with E-state index in [-0.39, 0.29) is 28.7 Å². The molecule has 2 aliphatic heterocycles. The SMILES string of the molecule is NC(=O)C1CCN(c2ncc3c(=O)c(C(=O)NCCN4CCCC4)c4sc5ccccc5n4c3n2)CC1. The molecule has 5 heterocycles. The molecule has 4 aromatic rings. The van der Waals surface area contributed by atoms with Gasteiger partial charge in [-0.3, -0.25) is 18.8 Å². The van der Waals surface area contributed by atoms with Gasteiger partial charge in [-0.15, -0.1) is 11.3 Å². The Morgan fingerprint density at radius 2 is 1.86 bits per heavy atom. The highest BCUT2D eigenvalue weighted by Gasteiger charge is 2.27. The molecule has 11 heteroatoms. The Hall–Kier alpha value is -3.57. The largest absolute Gasteiger partial charge is 0.369 e. The fourth-order valence-electron chi connectivity index (χ4n) is 5.43. The Bertz CT molecular complexity index is 1570. The van der Waals surface area contributed by atoms with Crippen LogP contribution < -0.4 is 21.4 Å². The van der Waals surface area contributed by atoms with Gasteiger partial charge in [-0.2, -0.15) is 4.98 Å². The minimum atomic E-state index is -0.368. The number of anilines is 1. The Morgan fingerprint density at radius 1 is 1.11 bits per heavy atom. The molecule has 3 N–H and O–H groups in total. The molecular weight excluding hydrogens is 490 g/mol. The number of amides is 2. The summed E-state index contributed by atoms with van der Waals surface area (Å²) in [6.07, 6.45) is 5.19. The van der Waals surface area contributed by atoms with Gasteiger partial charge in [0.1, 0.15) is 10.4 Å². The van der Waals surface area contributed by atoms with E-state index in [1.165, 1.54) is 30.4 Å². The summed E-state index contributed by atoms with van der Waals surface area (Å²) in [5, 5.41) is 3.28. The zero-order valence-electron chi connectivity index (χ0n) is 20.5. The number of piperidine rings is 1. The molecule has 0 radical (unpaired) electrons. The number of carbonyl (C=O) groups excluding carboxylic acids is 2. The van der Waals surface area contributed by atoms with Crippen molar-refractivity contribution in [3.05, 3.63) is 46.2 Å². The quantitative estimate of drug-likeness (QED) is 0.399. The summed E-state index contributed by atoms with van der Waals surface area (Å²) in [5.74, 6) is -0.281. The number of primary amides is 1. The summed E-state index contributed by atoms with van der Waals surface area (Å²) in [7, 11) is 0. The number of fused-ring (bicyclic) bond motifs is 5. The van der Waals surface area contributed by atoms with Crippen LogP contribution in [0.5, 0.6) is 0 Å².